The molecule has 21 heavy (non-hydrogen) atoms. The van der Waals surface area contributed by atoms with Gasteiger partial charge in [0.15, 0.2) is 0 Å². The number of anilines is 3. The Labute approximate surface area is 124 Å². The van der Waals surface area contributed by atoms with Crippen LogP contribution in [0.4, 0.5) is 17.5 Å². The molecular weight excluding hydrogens is 264 g/mol. The van der Waals surface area contributed by atoms with Crippen LogP contribution >= 0.6 is 0 Å². The highest BCUT2D eigenvalue weighted by Gasteiger charge is 2.14. The monoisotopic (exact) mass is 284 g/mol. The number of rotatable bonds is 2. The fourth-order valence-electron chi connectivity index (χ4n) is 2.55. The highest BCUT2D eigenvalue weighted by Crippen LogP contribution is 2.26. The van der Waals surface area contributed by atoms with Gasteiger partial charge in [-0.1, -0.05) is 12.1 Å². The second kappa shape index (κ2) is 5.57. The van der Waals surface area contributed by atoms with E-state index in [0.717, 1.165) is 37.3 Å². The van der Waals surface area contributed by atoms with E-state index in [4.69, 9.17) is 11.5 Å². The zero-order valence-corrected chi connectivity index (χ0v) is 12.2. The Bertz CT molecular complexity index is 617. The molecule has 0 spiro atoms. The van der Waals surface area contributed by atoms with Gasteiger partial charge in [-0.3, -0.25) is 0 Å². The third-order valence-electron chi connectivity index (χ3n) is 3.88. The lowest BCUT2D eigenvalue weighted by Crippen LogP contribution is -2.44. The van der Waals surface area contributed by atoms with Crippen molar-refractivity contribution >= 4 is 17.5 Å². The fourth-order valence-corrected chi connectivity index (χ4v) is 2.55. The van der Waals surface area contributed by atoms with Crippen LogP contribution in [-0.4, -0.2) is 48.1 Å². The molecule has 1 saturated heterocycles. The van der Waals surface area contributed by atoms with Crippen LogP contribution in [0.5, 0.6) is 0 Å². The molecular formula is C15H20N6. The number of hydrogen-bond donors (Lipinski definition) is 2. The quantitative estimate of drug-likeness (QED) is 0.858. The van der Waals surface area contributed by atoms with Crippen LogP contribution in [0.3, 0.4) is 0 Å². The Balaban J connectivity index is 1.80. The van der Waals surface area contributed by atoms with Crippen LogP contribution in [0.25, 0.3) is 11.1 Å². The van der Waals surface area contributed by atoms with Crippen molar-refractivity contribution in [1.29, 1.82) is 0 Å². The van der Waals surface area contributed by atoms with Gasteiger partial charge in [-0.2, -0.15) is 4.98 Å². The molecule has 6 nitrogen and oxygen atoms in total. The first kappa shape index (κ1) is 13.6. The number of nitrogens with two attached hydrogens (primary N) is 2. The number of hydrogen-bond acceptors (Lipinski definition) is 6. The van der Waals surface area contributed by atoms with Crippen molar-refractivity contribution in [1.82, 2.24) is 14.9 Å². The number of benzene rings is 1. The van der Waals surface area contributed by atoms with Gasteiger partial charge < -0.3 is 21.3 Å². The smallest absolute Gasteiger partial charge is 0.221 e. The number of nitrogen functional groups attached to an aromatic ring is 2. The highest BCUT2D eigenvalue weighted by molar-refractivity contribution is 5.74. The van der Waals surface area contributed by atoms with Crippen molar-refractivity contribution in [3.8, 4) is 11.1 Å². The molecule has 1 aromatic heterocycles. The van der Waals surface area contributed by atoms with Crippen molar-refractivity contribution in [3.05, 3.63) is 30.5 Å². The Kier molecular flexibility index (Phi) is 3.62. The van der Waals surface area contributed by atoms with Gasteiger partial charge in [0.1, 0.15) is 5.82 Å². The standard InChI is InChI=1S/C15H20N6/c1-20-6-8-21(9-7-20)12-4-2-11(3-5-12)13-10-18-15(17)19-14(13)16/h2-5,10H,6-9H2,1H3,(H4,16,17,18,19). The van der Waals surface area contributed by atoms with E-state index in [9.17, 15) is 0 Å². The molecule has 2 heterocycles. The van der Waals surface area contributed by atoms with Gasteiger partial charge in [0.05, 0.1) is 0 Å². The van der Waals surface area contributed by atoms with Crippen LogP contribution in [-0.2, 0) is 0 Å². The van der Waals surface area contributed by atoms with Crippen LogP contribution in [0.2, 0.25) is 0 Å². The predicted octanol–water partition coefficient (Wildman–Crippen LogP) is 1.06. The maximum absolute atomic E-state index is 5.90. The Hall–Kier alpha value is -2.34. The summed E-state index contributed by atoms with van der Waals surface area (Å²) in [5.41, 5.74) is 14.5. The Morgan fingerprint density at radius 1 is 1.00 bits per heavy atom. The maximum atomic E-state index is 5.90. The van der Waals surface area contributed by atoms with E-state index in [2.05, 4.69) is 51.1 Å². The number of likely N-dealkylation sites (N-methyl/N-ethyl adjacent to an activating group) is 1. The first-order valence-corrected chi connectivity index (χ1v) is 7.05. The molecule has 0 amide bonds. The van der Waals surface area contributed by atoms with Crippen LogP contribution in [0.15, 0.2) is 30.5 Å². The first-order chi connectivity index (χ1) is 10.1. The average molecular weight is 284 g/mol. The maximum Gasteiger partial charge on any atom is 0.221 e. The van der Waals surface area contributed by atoms with E-state index in [1.165, 1.54) is 5.69 Å². The minimum absolute atomic E-state index is 0.199. The second-order valence-electron chi connectivity index (χ2n) is 5.36. The lowest BCUT2D eigenvalue weighted by Gasteiger charge is -2.34. The molecule has 4 N–H and O–H groups in total. The molecule has 0 aliphatic carbocycles. The largest absolute Gasteiger partial charge is 0.383 e. The van der Waals surface area contributed by atoms with Gasteiger partial charge in [-0.25, -0.2) is 4.98 Å². The van der Waals surface area contributed by atoms with Gasteiger partial charge >= 0.3 is 0 Å². The Morgan fingerprint density at radius 2 is 1.67 bits per heavy atom. The minimum atomic E-state index is 0.199. The topological polar surface area (TPSA) is 84.3 Å². The summed E-state index contributed by atoms with van der Waals surface area (Å²) in [4.78, 5) is 12.7. The molecule has 1 aliphatic heterocycles. The van der Waals surface area contributed by atoms with Gasteiger partial charge in [-0.15, -0.1) is 0 Å². The average Bonchev–Trinajstić information content (AvgIpc) is 2.48. The molecule has 2 aromatic rings. The van der Waals surface area contributed by atoms with Gasteiger partial charge in [-0.05, 0) is 24.7 Å². The summed E-state index contributed by atoms with van der Waals surface area (Å²) < 4.78 is 0. The van der Waals surface area contributed by atoms with E-state index in [1.54, 1.807) is 6.20 Å². The molecule has 0 radical (unpaired) electrons. The van der Waals surface area contributed by atoms with Crippen molar-refractivity contribution in [2.24, 2.45) is 0 Å². The molecule has 1 aliphatic rings. The van der Waals surface area contributed by atoms with E-state index in [0.29, 0.717) is 5.82 Å². The summed E-state index contributed by atoms with van der Waals surface area (Å²) in [6, 6.07) is 8.35. The Morgan fingerprint density at radius 3 is 2.29 bits per heavy atom. The van der Waals surface area contributed by atoms with Gasteiger partial charge in [0.2, 0.25) is 5.95 Å². The molecule has 6 heteroatoms. The summed E-state index contributed by atoms with van der Waals surface area (Å²) >= 11 is 0. The molecule has 0 bridgehead atoms. The molecule has 1 aromatic carbocycles. The number of piperazine rings is 1. The summed E-state index contributed by atoms with van der Waals surface area (Å²) in [6.45, 7) is 4.31. The fraction of sp³-hybridized carbons (Fsp3) is 0.333. The molecule has 110 valence electrons. The van der Waals surface area contributed by atoms with E-state index >= 15 is 0 Å². The number of aromatic nitrogens is 2. The third-order valence-corrected chi connectivity index (χ3v) is 3.88. The van der Waals surface area contributed by atoms with E-state index in [1.807, 2.05) is 0 Å². The lowest BCUT2D eigenvalue weighted by molar-refractivity contribution is 0.313. The van der Waals surface area contributed by atoms with Crippen molar-refractivity contribution in [3.63, 3.8) is 0 Å². The molecule has 0 unspecified atom stereocenters. The predicted molar refractivity (Wildman–Crippen MR) is 86.0 cm³/mol. The van der Waals surface area contributed by atoms with Crippen molar-refractivity contribution in [2.75, 3.05) is 49.6 Å². The van der Waals surface area contributed by atoms with Crippen molar-refractivity contribution < 1.29 is 0 Å². The number of nitrogens with zero attached hydrogens (tertiary/aromatic N) is 4. The lowest BCUT2D eigenvalue weighted by atomic mass is 10.1. The summed E-state index contributed by atoms with van der Waals surface area (Å²) in [6.07, 6.45) is 1.67. The third kappa shape index (κ3) is 2.90. The summed E-state index contributed by atoms with van der Waals surface area (Å²) in [5.74, 6) is 0.611. The summed E-state index contributed by atoms with van der Waals surface area (Å²) in [5, 5.41) is 0. The molecule has 3 rings (SSSR count). The zero-order valence-electron chi connectivity index (χ0n) is 12.2. The van der Waals surface area contributed by atoms with Gasteiger partial charge in [0.25, 0.3) is 0 Å². The normalized spacial score (nSPS) is 16.1. The van der Waals surface area contributed by atoms with Crippen LogP contribution < -0.4 is 16.4 Å². The highest BCUT2D eigenvalue weighted by atomic mass is 15.2. The molecule has 0 atom stereocenters. The molecule has 1 fully saturated rings. The molecule has 0 saturated carbocycles. The van der Waals surface area contributed by atoms with Gasteiger partial charge in [0, 0.05) is 43.6 Å². The summed E-state index contributed by atoms with van der Waals surface area (Å²) in [7, 11) is 2.16. The first-order valence-electron chi connectivity index (χ1n) is 7.05. The van der Waals surface area contributed by atoms with E-state index < -0.39 is 0 Å². The van der Waals surface area contributed by atoms with Crippen LogP contribution in [0, 0.1) is 0 Å². The van der Waals surface area contributed by atoms with Crippen LogP contribution in [0.1, 0.15) is 0 Å². The zero-order chi connectivity index (χ0) is 14.8. The van der Waals surface area contributed by atoms with E-state index in [-0.39, 0.29) is 5.95 Å². The second-order valence-corrected chi connectivity index (χ2v) is 5.36. The van der Waals surface area contributed by atoms with Crippen molar-refractivity contribution in [2.45, 2.75) is 0 Å². The minimum Gasteiger partial charge on any atom is -0.383 e. The SMILES string of the molecule is CN1CCN(c2ccc(-c3cnc(N)nc3N)cc2)CC1.